The van der Waals surface area contributed by atoms with Crippen molar-refractivity contribution < 1.29 is 9.47 Å². The highest BCUT2D eigenvalue weighted by Crippen LogP contribution is 2.74. The van der Waals surface area contributed by atoms with Crippen LogP contribution in [-0.2, 0) is 0 Å². The van der Waals surface area contributed by atoms with Gasteiger partial charge < -0.3 is 14.4 Å². The fraction of sp³-hybridized carbons (Fsp3) is 0.344. The molecule has 0 amide bonds. The fourth-order valence-corrected chi connectivity index (χ4v) is 15.5. The molecule has 322 valence electrons. The van der Waals surface area contributed by atoms with E-state index in [1.54, 1.807) is 16.7 Å². The Morgan fingerprint density at radius 3 is 2.03 bits per heavy atom. The van der Waals surface area contributed by atoms with Gasteiger partial charge in [-0.1, -0.05) is 179 Å². The average Bonchev–Trinajstić information content (AvgIpc) is 3.34. The summed E-state index contributed by atoms with van der Waals surface area (Å²) in [5.41, 5.74) is 15.4. The van der Waals surface area contributed by atoms with Gasteiger partial charge in [-0.3, -0.25) is 0 Å². The molecule has 0 bridgehead atoms. The van der Waals surface area contributed by atoms with Gasteiger partial charge in [0.25, 0.3) is 0 Å². The first-order valence-electron chi connectivity index (χ1n) is 24.9. The van der Waals surface area contributed by atoms with E-state index in [0.717, 1.165) is 46.4 Å². The zero-order chi connectivity index (χ0) is 43.3. The maximum atomic E-state index is 6.66. The lowest BCUT2D eigenvalue weighted by Crippen LogP contribution is -2.60. The number of ether oxygens (including phenoxy) is 2. The molecule has 5 aliphatic heterocycles. The molecule has 3 nitrogen and oxygen atoms in total. The van der Waals surface area contributed by atoms with Gasteiger partial charge in [-0.2, -0.15) is 0 Å². The molecule has 14 rings (SSSR count). The van der Waals surface area contributed by atoms with Crippen LogP contribution in [-0.4, -0.2) is 12.8 Å². The lowest BCUT2D eigenvalue weighted by atomic mass is 9.11. The Morgan fingerprint density at radius 2 is 1.29 bits per heavy atom. The Labute approximate surface area is 385 Å². The summed E-state index contributed by atoms with van der Waals surface area (Å²) in [6.45, 7) is 11.0. The third-order valence-electron chi connectivity index (χ3n) is 18.5. The van der Waals surface area contributed by atoms with E-state index in [1.165, 1.54) is 59.9 Å². The van der Waals surface area contributed by atoms with Crippen LogP contribution < -0.4 is 14.4 Å². The minimum atomic E-state index is 0.0472. The third kappa shape index (κ3) is 5.49. The number of para-hydroxylation sites is 2. The van der Waals surface area contributed by atoms with Crippen LogP contribution in [0.4, 0.5) is 11.4 Å². The first-order chi connectivity index (χ1) is 31.7. The lowest BCUT2D eigenvalue weighted by Gasteiger charge is -2.66. The molecule has 5 aliphatic carbocycles. The number of rotatable bonds is 4. The second kappa shape index (κ2) is 13.9. The quantitative estimate of drug-likeness (QED) is 0.191. The highest BCUT2D eigenvalue weighted by molar-refractivity contribution is 6.68. The van der Waals surface area contributed by atoms with Gasteiger partial charge in [0.2, 0.25) is 0 Å². The summed E-state index contributed by atoms with van der Waals surface area (Å²) in [5.74, 6) is 8.31. The Bertz CT molecular complexity index is 2940. The molecular weight excluding hydrogens is 789 g/mol. The van der Waals surface area contributed by atoms with E-state index in [4.69, 9.17) is 9.47 Å². The highest BCUT2D eigenvalue weighted by atomic mass is 16.5. The van der Waals surface area contributed by atoms with E-state index in [2.05, 4.69) is 184 Å². The number of nitrogens with zero attached hydrogens (tertiary/aromatic N) is 1. The number of hydrogen-bond donors (Lipinski definition) is 0. The molecule has 10 aliphatic rings. The summed E-state index contributed by atoms with van der Waals surface area (Å²) in [4.78, 5) is 2.43. The molecule has 65 heavy (non-hydrogen) atoms. The summed E-state index contributed by atoms with van der Waals surface area (Å²) in [6, 6.07) is 32.3. The largest absolute Gasteiger partial charge is 0.457 e. The van der Waals surface area contributed by atoms with E-state index in [9.17, 15) is 0 Å². The normalized spacial score (nSPS) is 31.9. The van der Waals surface area contributed by atoms with Crippen molar-refractivity contribution in [1.29, 1.82) is 0 Å². The minimum Gasteiger partial charge on any atom is -0.457 e. The fourth-order valence-electron chi connectivity index (χ4n) is 15.5. The summed E-state index contributed by atoms with van der Waals surface area (Å²) < 4.78 is 13.3. The maximum Gasteiger partial charge on any atom is 0.165 e. The van der Waals surface area contributed by atoms with Gasteiger partial charge in [-0.05, 0) is 142 Å². The van der Waals surface area contributed by atoms with Crippen LogP contribution >= 0.6 is 0 Å². The van der Waals surface area contributed by atoms with Crippen LogP contribution in [0, 0.1) is 28.6 Å². The minimum absolute atomic E-state index is 0.0472. The van der Waals surface area contributed by atoms with Gasteiger partial charge in [0, 0.05) is 5.41 Å². The molecule has 4 aromatic carbocycles. The standard InChI is InChI=1S/C61H58BNO2/c1-60(2)46-17-11-13-40-31-41-14-12-18-47-57(41)62(56(40)46)58-48(60)32-42(33-49(58)61(47,3)4)36-23-27-38(28-24-36)44-15-5-6-16-45(44)39-29-25-37(26-30-39)43-34-54-59-55(35-43)65-53-22-10-8-20-51(53)63(59)50-19-7-9-21-52(50)64-54/h7-14,17-19,21-30,32-35,40-41,44-45,48,51,56-58H,5-6,15-16,20,31H2,1-4H3/t40?,41?,44-,45+,48?,51?,56?,57?,58?/m1/s1. The number of fused-ring (bicyclic) bond motifs is 4. The van der Waals surface area contributed by atoms with Crippen molar-refractivity contribution >= 4 is 23.7 Å². The molecule has 9 atom stereocenters. The molecule has 4 heteroatoms. The molecule has 4 fully saturated rings. The summed E-state index contributed by atoms with van der Waals surface area (Å²) >= 11 is 0. The lowest BCUT2D eigenvalue weighted by molar-refractivity contribution is 0.228. The van der Waals surface area contributed by atoms with Gasteiger partial charge in [0.15, 0.2) is 24.0 Å². The van der Waals surface area contributed by atoms with Crippen molar-refractivity contribution in [3.63, 3.8) is 0 Å². The van der Waals surface area contributed by atoms with E-state index in [0.29, 0.717) is 53.8 Å². The summed E-state index contributed by atoms with van der Waals surface area (Å²) in [5, 5.41) is 0. The molecular formula is C61H58BNO2. The van der Waals surface area contributed by atoms with E-state index in [1.807, 2.05) is 0 Å². The van der Waals surface area contributed by atoms with Crippen LogP contribution in [0.5, 0.6) is 17.2 Å². The monoisotopic (exact) mass is 847 g/mol. The van der Waals surface area contributed by atoms with E-state index >= 15 is 0 Å². The Balaban J connectivity index is 0.770. The predicted molar refractivity (Wildman–Crippen MR) is 267 cm³/mol. The molecule has 0 aromatic heterocycles. The second-order valence-corrected chi connectivity index (χ2v) is 22.2. The van der Waals surface area contributed by atoms with Crippen LogP contribution in [0.3, 0.4) is 0 Å². The van der Waals surface area contributed by atoms with Gasteiger partial charge >= 0.3 is 0 Å². The molecule has 7 unspecified atom stereocenters. The second-order valence-electron chi connectivity index (χ2n) is 22.2. The highest BCUT2D eigenvalue weighted by Gasteiger charge is 2.66. The molecule has 1 saturated carbocycles. The molecule has 0 spiro atoms. The number of hydrogen-bond acceptors (Lipinski definition) is 3. The van der Waals surface area contributed by atoms with Crippen molar-refractivity contribution in [1.82, 2.24) is 0 Å². The molecule has 0 N–H and O–H groups in total. The van der Waals surface area contributed by atoms with Crippen molar-refractivity contribution in [2.45, 2.75) is 102 Å². The zero-order valence-electron chi connectivity index (χ0n) is 38.2. The van der Waals surface area contributed by atoms with Gasteiger partial charge in [-0.15, -0.1) is 0 Å². The SMILES string of the molecule is CC1(C)C2=CC=CC3CC4C=CC=C5C4B(C23)C2C1=CC(c1ccc([C@H]3CCCC[C@H]3c3ccc(-c4cc6c7c(c4)Oc4ccccc4N7C4CC=CC=C4O6)cc3)cc1)=CC2C5(C)C. The average molecular weight is 848 g/mol. The molecule has 4 aromatic rings. The van der Waals surface area contributed by atoms with E-state index < -0.39 is 0 Å². The third-order valence-corrected chi connectivity index (χ3v) is 18.5. The smallest absolute Gasteiger partial charge is 0.165 e. The molecule has 3 saturated heterocycles. The van der Waals surface area contributed by atoms with Gasteiger partial charge in [-0.25, -0.2) is 0 Å². The Hall–Kier alpha value is -5.74. The number of allylic oxidation sites excluding steroid dienone is 14. The van der Waals surface area contributed by atoms with Crippen molar-refractivity contribution in [3.05, 3.63) is 191 Å². The Morgan fingerprint density at radius 1 is 0.631 bits per heavy atom. The van der Waals surface area contributed by atoms with E-state index in [-0.39, 0.29) is 16.9 Å². The predicted octanol–water partition coefficient (Wildman–Crippen LogP) is 15.9. The number of benzene rings is 4. The first kappa shape index (κ1) is 38.5. The summed E-state index contributed by atoms with van der Waals surface area (Å²) in [7, 11) is 0. The molecule has 5 heterocycles. The van der Waals surface area contributed by atoms with Crippen molar-refractivity contribution in [3.8, 4) is 28.4 Å². The topological polar surface area (TPSA) is 21.7 Å². The van der Waals surface area contributed by atoms with Gasteiger partial charge in [0.1, 0.15) is 11.4 Å². The Kier molecular flexibility index (Phi) is 8.24. The van der Waals surface area contributed by atoms with Crippen molar-refractivity contribution in [2.75, 3.05) is 4.90 Å². The van der Waals surface area contributed by atoms with Crippen LogP contribution in [0.15, 0.2) is 174 Å². The molecule has 0 radical (unpaired) electrons. The maximum absolute atomic E-state index is 6.66. The van der Waals surface area contributed by atoms with Gasteiger partial charge in [0.05, 0.1) is 11.7 Å². The van der Waals surface area contributed by atoms with Crippen molar-refractivity contribution in [2.24, 2.45) is 28.6 Å². The number of anilines is 2. The summed E-state index contributed by atoms with van der Waals surface area (Å²) in [6.07, 6.45) is 34.1. The van der Waals surface area contributed by atoms with Crippen LogP contribution in [0.2, 0.25) is 17.5 Å². The van der Waals surface area contributed by atoms with Crippen LogP contribution in [0.1, 0.15) is 94.7 Å². The zero-order valence-corrected chi connectivity index (χ0v) is 38.2. The van der Waals surface area contributed by atoms with Crippen LogP contribution in [0.25, 0.3) is 16.7 Å². The first-order valence-corrected chi connectivity index (χ1v) is 24.9.